The molecule has 1 aliphatic rings. The highest BCUT2D eigenvalue weighted by atomic mass is 16.4. The van der Waals surface area contributed by atoms with E-state index in [-0.39, 0.29) is 11.9 Å². The number of urea groups is 1. The fraction of sp³-hybridized carbons (Fsp3) is 0.278. The first-order valence-corrected chi connectivity index (χ1v) is 8.20. The van der Waals surface area contributed by atoms with Gasteiger partial charge in [-0.25, -0.2) is 14.6 Å². The molecule has 25 heavy (non-hydrogen) atoms. The van der Waals surface area contributed by atoms with Gasteiger partial charge in [0.2, 0.25) is 0 Å². The van der Waals surface area contributed by atoms with Gasteiger partial charge in [-0.3, -0.25) is 5.32 Å². The van der Waals surface area contributed by atoms with Crippen molar-refractivity contribution in [3.8, 4) is 0 Å². The van der Waals surface area contributed by atoms with Crippen molar-refractivity contribution in [1.29, 1.82) is 0 Å². The van der Waals surface area contributed by atoms with Crippen LogP contribution in [0.25, 0.3) is 0 Å². The molecule has 2 heterocycles. The standard InChI is InChI=1S/C18H20N4O3/c23-17(19-14-7-2-1-3-8-14)21-16-10-4-9-15(20-16)13-6-5-11-22(12-13)18(24)25/h1-4,7-10,13H,5-6,11-12H2,(H,24,25)(H2,19,20,21,23). The van der Waals surface area contributed by atoms with E-state index >= 15 is 0 Å². The molecule has 1 unspecified atom stereocenters. The number of hydrogen-bond acceptors (Lipinski definition) is 3. The molecule has 1 fully saturated rings. The Morgan fingerprint density at radius 3 is 2.64 bits per heavy atom. The molecule has 1 aliphatic heterocycles. The Morgan fingerprint density at radius 2 is 1.88 bits per heavy atom. The summed E-state index contributed by atoms with van der Waals surface area (Å²) in [5, 5.41) is 14.6. The molecule has 0 saturated carbocycles. The Hall–Kier alpha value is -3.09. The number of nitrogens with zero attached hydrogens (tertiary/aromatic N) is 2. The van der Waals surface area contributed by atoms with Gasteiger partial charge in [0, 0.05) is 30.4 Å². The monoisotopic (exact) mass is 340 g/mol. The van der Waals surface area contributed by atoms with Gasteiger partial charge in [-0.15, -0.1) is 0 Å². The molecule has 7 heteroatoms. The van der Waals surface area contributed by atoms with Crippen molar-refractivity contribution < 1.29 is 14.7 Å². The fourth-order valence-corrected chi connectivity index (χ4v) is 2.94. The predicted molar refractivity (Wildman–Crippen MR) is 94.9 cm³/mol. The van der Waals surface area contributed by atoms with Crippen molar-refractivity contribution in [3.05, 3.63) is 54.2 Å². The van der Waals surface area contributed by atoms with Crippen molar-refractivity contribution in [2.45, 2.75) is 18.8 Å². The van der Waals surface area contributed by atoms with Gasteiger partial charge in [0.15, 0.2) is 0 Å². The van der Waals surface area contributed by atoms with E-state index in [9.17, 15) is 9.59 Å². The summed E-state index contributed by atoms with van der Waals surface area (Å²) in [4.78, 5) is 29.1. The highest BCUT2D eigenvalue weighted by Crippen LogP contribution is 2.26. The summed E-state index contributed by atoms with van der Waals surface area (Å²) >= 11 is 0. The van der Waals surface area contributed by atoms with Crippen molar-refractivity contribution in [2.24, 2.45) is 0 Å². The second kappa shape index (κ2) is 7.65. The third-order valence-electron chi connectivity index (χ3n) is 4.15. The maximum Gasteiger partial charge on any atom is 0.407 e. The quantitative estimate of drug-likeness (QED) is 0.796. The van der Waals surface area contributed by atoms with E-state index < -0.39 is 6.09 Å². The van der Waals surface area contributed by atoms with Gasteiger partial charge in [0.05, 0.1) is 0 Å². The fourth-order valence-electron chi connectivity index (χ4n) is 2.94. The minimum absolute atomic E-state index is 0.0452. The van der Waals surface area contributed by atoms with Crippen LogP contribution in [0.4, 0.5) is 21.1 Å². The molecule has 130 valence electrons. The van der Waals surface area contributed by atoms with E-state index in [2.05, 4.69) is 15.6 Å². The normalized spacial score (nSPS) is 17.0. The largest absolute Gasteiger partial charge is 0.465 e. The summed E-state index contributed by atoms with van der Waals surface area (Å²) in [7, 11) is 0. The van der Waals surface area contributed by atoms with E-state index in [0.717, 1.165) is 18.5 Å². The Labute approximate surface area is 145 Å². The minimum atomic E-state index is -0.902. The minimum Gasteiger partial charge on any atom is -0.465 e. The Bertz CT molecular complexity index is 751. The van der Waals surface area contributed by atoms with Crippen LogP contribution in [0.5, 0.6) is 0 Å². The van der Waals surface area contributed by atoms with Crippen molar-refractivity contribution >= 4 is 23.6 Å². The molecule has 1 saturated heterocycles. The summed E-state index contributed by atoms with van der Waals surface area (Å²) in [6.45, 7) is 0.991. The van der Waals surface area contributed by atoms with E-state index in [1.54, 1.807) is 18.2 Å². The van der Waals surface area contributed by atoms with Crippen LogP contribution in [-0.2, 0) is 0 Å². The van der Waals surface area contributed by atoms with Crippen LogP contribution in [0.15, 0.2) is 48.5 Å². The van der Waals surface area contributed by atoms with Crippen LogP contribution in [-0.4, -0.2) is 40.2 Å². The van der Waals surface area contributed by atoms with Crippen LogP contribution in [0.3, 0.4) is 0 Å². The van der Waals surface area contributed by atoms with E-state index in [1.807, 2.05) is 30.3 Å². The number of carboxylic acid groups (broad SMARTS) is 1. The van der Waals surface area contributed by atoms with Gasteiger partial charge in [-0.1, -0.05) is 24.3 Å². The number of hydrogen-bond donors (Lipinski definition) is 3. The molecular formula is C18H20N4O3. The van der Waals surface area contributed by atoms with Gasteiger partial charge in [-0.2, -0.15) is 0 Å². The van der Waals surface area contributed by atoms with E-state index in [1.165, 1.54) is 4.90 Å². The number of carbonyl (C=O) groups excluding carboxylic acids is 1. The molecule has 0 aliphatic carbocycles. The lowest BCUT2D eigenvalue weighted by Gasteiger charge is -2.30. The second-order valence-corrected chi connectivity index (χ2v) is 5.96. The molecule has 0 bridgehead atoms. The molecule has 0 spiro atoms. The third-order valence-corrected chi connectivity index (χ3v) is 4.15. The van der Waals surface area contributed by atoms with Crippen LogP contribution in [0.2, 0.25) is 0 Å². The number of carbonyl (C=O) groups is 2. The average Bonchev–Trinajstić information content (AvgIpc) is 2.63. The Kier molecular flexibility index (Phi) is 5.13. The zero-order chi connectivity index (χ0) is 17.6. The maximum absolute atomic E-state index is 12.1. The zero-order valence-electron chi connectivity index (χ0n) is 13.7. The molecule has 7 nitrogen and oxygen atoms in total. The number of amides is 3. The number of para-hydroxylation sites is 1. The van der Waals surface area contributed by atoms with Gasteiger partial charge in [-0.05, 0) is 37.1 Å². The number of likely N-dealkylation sites (tertiary alicyclic amines) is 1. The molecule has 1 atom stereocenters. The maximum atomic E-state index is 12.1. The first-order valence-electron chi connectivity index (χ1n) is 8.20. The molecule has 3 rings (SSSR count). The number of piperidine rings is 1. The van der Waals surface area contributed by atoms with Crippen molar-refractivity contribution in [1.82, 2.24) is 9.88 Å². The Morgan fingerprint density at radius 1 is 1.08 bits per heavy atom. The van der Waals surface area contributed by atoms with Crippen LogP contribution in [0.1, 0.15) is 24.5 Å². The number of pyridine rings is 1. The van der Waals surface area contributed by atoms with Gasteiger partial charge < -0.3 is 15.3 Å². The van der Waals surface area contributed by atoms with E-state index in [4.69, 9.17) is 5.11 Å². The summed E-state index contributed by atoms with van der Waals surface area (Å²) < 4.78 is 0. The van der Waals surface area contributed by atoms with Crippen LogP contribution in [0, 0.1) is 0 Å². The topological polar surface area (TPSA) is 94.6 Å². The number of anilines is 2. The predicted octanol–water partition coefficient (Wildman–Crippen LogP) is 3.58. The molecule has 1 aromatic carbocycles. The number of aromatic nitrogens is 1. The first kappa shape index (κ1) is 16.8. The lowest BCUT2D eigenvalue weighted by molar-refractivity contribution is 0.130. The summed E-state index contributed by atoms with van der Waals surface area (Å²) in [5.74, 6) is 0.488. The lowest BCUT2D eigenvalue weighted by Crippen LogP contribution is -2.38. The van der Waals surface area contributed by atoms with Crippen LogP contribution < -0.4 is 10.6 Å². The third kappa shape index (κ3) is 4.47. The summed E-state index contributed by atoms with van der Waals surface area (Å²) in [6.07, 6.45) is 0.794. The number of nitrogens with one attached hydrogen (secondary N) is 2. The average molecular weight is 340 g/mol. The smallest absolute Gasteiger partial charge is 0.407 e. The zero-order valence-corrected chi connectivity index (χ0v) is 13.7. The van der Waals surface area contributed by atoms with Gasteiger partial charge in [0.25, 0.3) is 0 Å². The van der Waals surface area contributed by atoms with Gasteiger partial charge >= 0.3 is 12.1 Å². The molecule has 1 aromatic heterocycles. The molecule has 3 amide bonds. The number of benzene rings is 1. The van der Waals surface area contributed by atoms with Gasteiger partial charge in [0.1, 0.15) is 5.82 Å². The van der Waals surface area contributed by atoms with Crippen LogP contribution >= 0.6 is 0 Å². The first-order chi connectivity index (χ1) is 12.1. The molecule has 0 radical (unpaired) electrons. The van der Waals surface area contributed by atoms with Crippen molar-refractivity contribution in [2.75, 3.05) is 23.7 Å². The second-order valence-electron chi connectivity index (χ2n) is 5.96. The van der Waals surface area contributed by atoms with E-state index in [0.29, 0.717) is 24.6 Å². The highest BCUT2D eigenvalue weighted by molar-refractivity contribution is 5.99. The highest BCUT2D eigenvalue weighted by Gasteiger charge is 2.25. The molecule has 2 aromatic rings. The molecule has 3 N–H and O–H groups in total. The number of rotatable bonds is 3. The summed E-state index contributed by atoms with van der Waals surface area (Å²) in [6, 6.07) is 14.2. The summed E-state index contributed by atoms with van der Waals surface area (Å²) in [5.41, 5.74) is 1.49. The molecular weight excluding hydrogens is 320 g/mol. The van der Waals surface area contributed by atoms with Crippen molar-refractivity contribution in [3.63, 3.8) is 0 Å². The Balaban J connectivity index is 1.65. The SMILES string of the molecule is O=C(Nc1ccccc1)Nc1cccc(C2CCCN(C(=O)O)C2)n1. The lowest BCUT2D eigenvalue weighted by atomic mass is 9.94.